The van der Waals surface area contributed by atoms with Gasteiger partial charge in [-0.15, -0.1) is 0 Å². The average molecular weight is 323 g/mol. The van der Waals surface area contributed by atoms with Gasteiger partial charge in [-0.3, -0.25) is 9.69 Å². The second-order valence-electron chi connectivity index (χ2n) is 6.23. The number of carboxylic acid groups (broad SMARTS) is 1. The molecule has 6 heteroatoms. The zero-order valence-corrected chi connectivity index (χ0v) is 14.4. The fourth-order valence-electron chi connectivity index (χ4n) is 1.98. The van der Waals surface area contributed by atoms with E-state index >= 15 is 0 Å². The van der Waals surface area contributed by atoms with Gasteiger partial charge in [0.05, 0.1) is 0 Å². The molecule has 0 saturated carbocycles. The standard InChI is InChI=1S/C15H23N3S.CH2O2/c1-12-5-7-14(8-6-12)19-17-16-9-13-10-18(11-13)15(2,3)4;2-1-3/h5-9,13,17H,10-11H2,1-4H3;1H,(H,2,3)/b16-9+;. The molecule has 1 aliphatic rings. The van der Waals surface area contributed by atoms with Crippen LogP contribution < -0.4 is 4.83 Å². The molecule has 0 radical (unpaired) electrons. The van der Waals surface area contributed by atoms with Gasteiger partial charge >= 0.3 is 0 Å². The zero-order chi connectivity index (χ0) is 16.6. The molecular weight excluding hydrogens is 298 g/mol. The Labute approximate surface area is 136 Å². The number of benzene rings is 1. The number of hydrogen-bond acceptors (Lipinski definition) is 5. The van der Waals surface area contributed by atoms with Crippen molar-refractivity contribution in [1.29, 1.82) is 0 Å². The van der Waals surface area contributed by atoms with Gasteiger partial charge in [-0.1, -0.05) is 17.7 Å². The van der Waals surface area contributed by atoms with Crippen molar-refractivity contribution in [2.75, 3.05) is 13.1 Å². The molecule has 2 N–H and O–H groups in total. The van der Waals surface area contributed by atoms with E-state index < -0.39 is 0 Å². The summed E-state index contributed by atoms with van der Waals surface area (Å²) in [5.41, 5.74) is 1.57. The van der Waals surface area contributed by atoms with Crippen molar-refractivity contribution in [3.63, 3.8) is 0 Å². The molecule has 122 valence electrons. The summed E-state index contributed by atoms with van der Waals surface area (Å²) in [6.07, 6.45) is 2.03. The summed E-state index contributed by atoms with van der Waals surface area (Å²) < 4.78 is 0. The Balaban J connectivity index is 0.000000745. The molecule has 0 amide bonds. The average Bonchev–Trinajstić information content (AvgIpc) is 2.38. The fourth-order valence-corrected chi connectivity index (χ4v) is 2.47. The second-order valence-corrected chi connectivity index (χ2v) is 7.08. The maximum Gasteiger partial charge on any atom is 0.290 e. The van der Waals surface area contributed by atoms with Crippen LogP contribution in [0.15, 0.2) is 34.3 Å². The van der Waals surface area contributed by atoms with Crippen LogP contribution in [0.4, 0.5) is 0 Å². The number of hydrogen-bond donors (Lipinski definition) is 2. The molecule has 0 spiro atoms. The highest BCUT2D eigenvalue weighted by atomic mass is 32.2. The van der Waals surface area contributed by atoms with E-state index in [-0.39, 0.29) is 12.0 Å². The molecule has 0 atom stereocenters. The van der Waals surface area contributed by atoms with Crippen LogP contribution in [-0.4, -0.2) is 41.3 Å². The van der Waals surface area contributed by atoms with E-state index in [4.69, 9.17) is 9.90 Å². The third kappa shape index (κ3) is 6.49. The molecule has 1 heterocycles. The Hall–Kier alpha value is -1.53. The third-order valence-electron chi connectivity index (χ3n) is 3.38. The number of hydrazone groups is 1. The van der Waals surface area contributed by atoms with E-state index in [1.807, 2.05) is 6.21 Å². The summed E-state index contributed by atoms with van der Waals surface area (Å²) in [5, 5.41) is 11.2. The molecule has 1 aliphatic heterocycles. The molecule has 0 aromatic heterocycles. The summed E-state index contributed by atoms with van der Waals surface area (Å²) in [4.78, 5) is 15.1. The van der Waals surface area contributed by atoms with Gasteiger partial charge in [0.25, 0.3) is 6.47 Å². The monoisotopic (exact) mass is 323 g/mol. The number of nitrogens with one attached hydrogen (secondary N) is 1. The first-order valence-corrected chi connectivity index (χ1v) is 8.03. The molecule has 0 aliphatic carbocycles. The van der Waals surface area contributed by atoms with Crippen molar-refractivity contribution in [2.24, 2.45) is 11.0 Å². The maximum atomic E-state index is 8.36. The minimum absolute atomic E-state index is 0.250. The third-order valence-corrected chi connectivity index (χ3v) is 4.09. The van der Waals surface area contributed by atoms with E-state index in [1.165, 1.54) is 10.5 Å². The zero-order valence-electron chi connectivity index (χ0n) is 13.6. The van der Waals surface area contributed by atoms with Gasteiger partial charge in [-0.05, 0) is 39.8 Å². The van der Waals surface area contributed by atoms with Crippen LogP contribution in [0.3, 0.4) is 0 Å². The van der Waals surface area contributed by atoms with Gasteiger partial charge < -0.3 is 5.11 Å². The van der Waals surface area contributed by atoms with E-state index in [0.29, 0.717) is 5.92 Å². The van der Waals surface area contributed by atoms with Crippen molar-refractivity contribution < 1.29 is 9.90 Å². The topological polar surface area (TPSA) is 64.9 Å². The molecular formula is C16H25N3O2S. The van der Waals surface area contributed by atoms with E-state index in [2.05, 4.69) is 66.8 Å². The van der Waals surface area contributed by atoms with Crippen LogP contribution in [0.5, 0.6) is 0 Å². The number of rotatable bonds is 4. The fraction of sp³-hybridized carbons (Fsp3) is 0.500. The lowest BCUT2D eigenvalue weighted by Gasteiger charge is -2.46. The van der Waals surface area contributed by atoms with E-state index in [9.17, 15) is 0 Å². The Bertz CT molecular complexity index is 477. The molecule has 0 unspecified atom stereocenters. The summed E-state index contributed by atoms with van der Waals surface area (Å²) >= 11 is 1.55. The largest absolute Gasteiger partial charge is 0.483 e. The van der Waals surface area contributed by atoms with Crippen molar-refractivity contribution in [3.8, 4) is 0 Å². The van der Waals surface area contributed by atoms with Crippen molar-refractivity contribution in [2.45, 2.75) is 38.1 Å². The lowest BCUT2D eigenvalue weighted by molar-refractivity contribution is -0.122. The van der Waals surface area contributed by atoms with Gasteiger partial charge in [-0.2, -0.15) is 5.10 Å². The SMILES string of the molecule is Cc1ccc(SN/N=C/C2CN(C(C)(C)C)C2)cc1.O=CO. The first-order chi connectivity index (χ1) is 10.4. The van der Waals surface area contributed by atoms with Crippen LogP contribution in [0.25, 0.3) is 0 Å². The smallest absolute Gasteiger partial charge is 0.290 e. The number of aryl methyl sites for hydroxylation is 1. The van der Waals surface area contributed by atoms with Gasteiger partial charge in [0.15, 0.2) is 0 Å². The van der Waals surface area contributed by atoms with E-state index in [0.717, 1.165) is 13.1 Å². The van der Waals surface area contributed by atoms with Crippen molar-refractivity contribution in [3.05, 3.63) is 29.8 Å². The summed E-state index contributed by atoms with van der Waals surface area (Å²) in [5.74, 6) is 0.588. The summed E-state index contributed by atoms with van der Waals surface area (Å²) in [6, 6.07) is 8.43. The lowest BCUT2D eigenvalue weighted by Crippen LogP contribution is -2.56. The quantitative estimate of drug-likeness (QED) is 0.386. The minimum Gasteiger partial charge on any atom is -0.483 e. The highest BCUT2D eigenvalue weighted by molar-refractivity contribution is 7.97. The first kappa shape index (κ1) is 18.5. The highest BCUT2D eigenvalue weighted by Crippen LogP contribution is 2.24. The summed E-state index contributed by atoms with van der Waals surface area (Å²) in [6.45, 7) is 10.8. The van der Waals surface area contributed by atoms with Crippen LogP contribution in [0, 0.1) is 12.8 Å². The summed E-state index contributed by atoms with van der Waals surface area (Å²) in [7, 11) is 0. The molecule has 22 heavy (non-hydrogen) atoms. The van der Waals surface area contributed by atoms with Gasteiger partial charge in [0.2, 0.25) is 0 Å². The normalized spacial score (nSPS) is 15.8. The lowest BCUT2D eigenvalue weighted by atomic mass is 9.93. The Kier molecular flexibility index (Phi) is 7.41. The number of nitrogens with zero attached hydrogens (tertiary/aromatic N) is 2. The molecule has 5 nitrogen and oxygen atoms in total. The predicted octanol–water partition coefficient (Wildman–Crippen LogP) is 3.01. The van der Waals surface area contributed by atoms with Crippen LogP contribution in [0.1, 0.15) is 26.3 Å². The van der Waals surface area contributed by atoms with Crippen molar-refractivity contribution in [1.82, 2.24) is 9.73 Å². The van der Waals surface area contributed by atoms with Gasteiger partial charge in [-0.25, -0.2) is 4.83 Å². The Morgan fingerprint density at radius 2 is 1.86 bits per heavy atom. The molecule has 1 aromatic rings. The molecule has 1 saturated heterocycles. The van der Waals surface area contributed by atoms with Crippen LogP contribution in [-0.2, 0) is 4.79 Å². The maximum absolute atomic E-state index is 8.36. The van der Waals surface area contributed by atoms with Crippen LogP contribution in [0.2, 0.25) is 0 Å². The second kappa shape index (κ2) is 8.80. The molecule has 0 bridgehead atoms. The van der Waals surface area contributed by atoms with Crippen molar-refractivity contribution >= 4 is 24.6 Å². The Morgan fingerprint density at radius 3 is 2.36 bits per heavy atom. The molecule has 2 rings (SSSR count). The predicted molar refractivity (Wildman–Crippen MR) is 92.2 cm³/mol. The first-order valence-electron chi connectivity index (χ1n) is 7.21. The van der Waals surface area contributed by atoms with Gasteiger partial charge in [0, 0.05) is 47.6 Å². The Morgan fingerprint density at radius 1 is 1.32 bits per heavy atom. The number of likely N-dealkylation sites (tertiary alicyclic amines) is 1. The molecule has 1 fully saturated rings. The highest BCUT2D eigenvalue weighted by Gasteiger charge is 2.33. The minimum atomic E-state index is -0.250. The molecule has 1 aromatic carbocycles. The van der Waals surface area contributed by atoms with Gasteiger partial charge in [0.1, 0.15) is 0 Å². The van der Waals surface area contributed by atoms with E-state index in [1.54, 1.807) is 11.9 Å². The number of carbonyl (C=O) groups is 1. The van der Waals surface area contributed by atoms with Crippen LogP contribution >= 0.6 is 11.9 Å².